The molecule has 0 aliphatic rings. The van der Waals surface area contributed by atoms with Crippen molar-refractivity contribution in [1.29, 1.82) is 5.26 Å². The van der Waals surface area contributed by atoms with Gasteiger partial charge in [-0.1, -0.05) is 12.1 Å². The predicted molar refractivity (Wildman–Crippen MR) is 62.5 cm³/mol. The summed E-state index contributed by atoms with van der Waals surface area (Å²) in [5.41, 5.74) is 0.376. The van der Waals surface area contributed by atoms with Crippen LogP contribution in [0.4, 0.5) is 4.39 Å². The van der Waals surface area contributed by atoms with Crippen LogP contribution in [0.15, 0.2) is 28.7 Å². The smallest absolute Gasteiger partial charge is 0.168 e. The maximum atomic E-state index is 12.8. The second-order valence-electron chi connectivity index (χ2n) is 3.64. The summed E-state index contributed by atoms with van der Waals surface area (Å²) in [7, 11) is -3.05. The summed E-state index contributed by atoms with van der Waals surface area (Å²) in [6.45, 7) is 8.05. The molecule has 2 unspecified atom stereocenters. The van der Waals surface area contributed by atoms with Gasteiger partial charge in [0.05, 0.1) is 6.07 Å². The molecular weight excluding hydrogens is 241 g/mol. The zero-order chi connectivity index (χ0) is 13.1. The van der Waals surface area contributed by atoms with E-state index in [1.807, 2.05) is 6.07 Å². The molecule has 0 saturated carbocycles. The number of benzene rings is 1. The summed E-state index contributed by atoms with van der Waals surface area (Å²) in [5, 5.41) is 9.18. The topological polar surface area (TPSA) is 57.6 Å². The molecule has 88 valence electrons. The van der Waals surface area contributed by atoms with Crippen LogP contribution >= 0.6 is 0 Å². The highest BCUT2D eigenvalue weighted by molar-refractivity contribution is 7.94. The summed E-state index contributed by atoms with van der Waals surface area (Å²) in [6.07, 6.45) is 1.25. The number of rotatable bonds is 2. The van der Waals surface area contributed by atoms with Gasteiger partial charge in [0.25, 0.3) is 0 Å². The van der Waals surface area contributed by atoms with E-state index in [1.165, 1.54) is 37.4 Å². The minimum Gasteiger partial charge on any atom is -0.241 e. The van der Waals surface area contributed by atoms with Crippen molar-refractivity contribution >= 4 is 9.73 Å². The third kappa shape index (κ3) is 2.27. The van der Waals surface area contributed by atoms with Crippen molar-refractivity contribution in [2.45, 2.75) is 11.7 Å². The molecule has 0 fully saturated rings. The molecule has 1 aromatic carbocycles. The van der Waals surface area contributed by atoms with Gasteiger partial charge in [0.2, 0.25) is 0 Å². The van der Waals surface area contributed by atoms with Gasteiger partial charge in [0.15, 0.2) is 4.75 Å². The molecule has 1 rings (SSSR count). The lowest BCUT2D eigenvalue weighted by atomic mass is 10.0. The first kappa shape index (κ1) is 13.1. The van der Waals surface area contributed by atoms with Crippen molar-refractivity contribution in [3.05, 3.63) is 47.2 Å². The summed E-state index contributed by atoms with van der Waals surface area (Å²) >= 11 is 0. The van der Waals surface area contributed by atoms with E-state index in [2.05, 4.69) is 9.43 Å². The molecule has 0 radical (unpaired) electrons. The van der Waals surface area contributed by atoms with Crippen molar-refractivity contribution in [1.82, 2.24) is 0 Å². The minimum absolute atomic E-state index is 0.376. The molecule has 0 spiro atoms. The molecule has 0 heterocycles. The maximum absolute atomic E-state index is 12.8. The van der Waals surface area contributed by atoms with E-state index >= 15 is 0 Å². The Morgan fingerprint density at radius 1 is 1.53 bits per heavy atom. The Kier molecular flexibility index (Phi) is 3.50. The molecule has 0 amide bonds. The van der Waals surface area contributed by atoms with Crippen LogP contribution in [0.1, 0.15) is 12.5 Å². The van der Waals surface area contributed by atoms with Gasteiger partial charge in [0.1, 0.15) is 20.0 Å². The van der Waals surface area contributed by atoms with Gasteiger partial charge in [-0.05, 0) is 24.6 Å². The van der Waals surface area contributed by atoms with Crippen LogP contribution in [0.25, 0.3) is 4.95 Å². The monoisotopic (exact) mass is 251 g/mol. The molecule has 0 N–H and O–H groups in total. The van der Waals surface area contributed by atoms with E-state index in [1.54, 1.807) is 0 Å². The third-order valence-corrected chi connectivity index (χ3v) is 4.80. The number of hydrogen-bond donors (Lipinski definition) is 0. The maximum Gasteiger partial charge on any atom is 0.168 e. The second-order valence-corrected chi connectivity index (χ2v) is 6.22. The van der Waals surface area contributed by atoms with Crippen LogP contribution in [0.2, 0.25) is 0 Å². The van der Waals surface area contributed by atoms with Crippen LogP contribution in [0.5, 0.6) is 0 Å². The Bertz CT molecular complexity index is 618. The van der Waals surface area contributed by atoms with Gasteiger partial charge in [-0.3, -0.25) is 0 Å². The van der Waals surface area contributed by atoms with Gasteiger partial charge in [-0.2, -0.15) is 11.8 Å². The Morgan fingerprint density at radius 3 is 2.47 bits per heavy atom. The first-order valence-corrected chi connectivity index (χ1v) is 6.54. The highest BCUT2D eigenvalue weighted by Crippen LogP contribution is 2.30. The Balaban J connectivity index is 3.49. The van der Waals surface area contributed by atoms with Gasteiger partial charge in [0, 0.05) is 6.26 Å². The summed E-state index contributed by atoms with van der Waals surface area (Å²) < 4.78 is 26.9. The first-order chi connectivity index (χ1) is 7.87. The molecule has 0 bridgehead atoms. The zero-order valence-electron chi connectivity index (χ0n) is 9.35. The van der Waals surface area contributed by atoms with E-state index in [0.717, 1.165) is 0 Å². The summed E-state index contributed by atoms with van der Waals surface area (Å²) in [5.74, 6) is -0.446. The number of nitriles is 1. The van der Waals surface area contributed by atoms with Gasteiger partial charge < -0.3 is 0 Å². The van der Waals surface area contributed by atoms with Gasteiger partial charge in [-0.15, -0.1) is 4.95 Å². The lowest BCUT2D eigenvalue weighted by Crippen LogP contribution is -2.29. The highest BCUT2D eigenvalue weighted by Gasteiger charge is 2.38. The van der Waals surface area contributed by atoms with E-state index in [9.17, 15) is 13.9 Å². The molecule has 0 aromatic heterocycles. The molecule has 0 aliphatic heterocycles. The summed E-state index contributed by atoms with van der Waals surface area (Å²) in [6, 6.07) is 7.01. The van der Waals surface area contributed by atoms with Crippen LogP contribution < -0.4 is 0 Å². The van der Waals surface area contributed by atoms with E-state index in [0.29, 0.717) is 5.56 Å². The molecule has 2 atom stereocenters. The SMILES string of the molecule is [C-]#[N+]N=S(C)(=O)C(C)(C#N)c1ccc(F)cc1. The fourth-order valence-electron chi connectivity index (χ4n) is 1.30. The van der Waals surface area contributed by atoms with Crippen LogP contribution in [0, 0.1) is 23.7 Å². The normalized spacial score (nSPS) is 17.0. The largest absolute Gasteiger partial charge is 0.241 e. The fourth-order valence-corrected chi connectivity index (χ4v) is 2.36. The number of halogens is 1. The standard InChI is InChI=1S/C11H10FN3OS/c1-11(8-13,17(3,16)15-14-2)9-4-6-10(12)7-5-9/h4-7H,1,3H3. The van der Waals surface area contributed by atoms with Crippen molar-refractivity contribution in [2.75, 3.05) is 6.26 Å². The molecule has 6 heteroatoms. The minimum atomic E-state index is -3.05. The van der Waals surface area contributed by atoms with E-state index < -0.39 is 20.3 Å². The van der Waals surface area contributed by atoms with E-state index in [-0.39, 0.29) is 0 Å². The average molecular weight is 251 g/mol. The summed E-state index contributed by atoms with van der Waals surface area (Å²) in [4.78, 5) is 2.74. The lowest BCUT2D eigenvalue weighted by molar-refractivity contribution is 0.625. The van der Waals surface area contributed by atoms with Crippen LogP contribution in [-0.4, -0.2) is 10.5 Å². The Hall–Kier alpha value is -1.92. The fraction of sp³-hybridized carbons (Fsp3) is 0.273. The zero-order valence-corrected chi connectivity index (χ0v) is 10.2. The second kappa shape index (κ2) is 4.52. The molecule has 17 heavy (non-hydrogen) atoms. The van der Waals surface area contributed by atoms with E-state index in [4.69, 9.17) is 6.57 Å². The van der Waals surface area contributed by atoms with Gasteiger partial charge >= 0.3 is 0 Å². The molecule has 1 aromatic rings. The Morgan fingerprint density at radius 2 is 2.06 bits per heavy atom. The molecule has 0 saturated heterocycles. The Labute approximate surface area is 99.7 Å². The first-order valence-electron chi connectivity index (χ1n) is 4.62. The number of nitrogens with zero attached hydrogens (tertiary/aromatic N) is 3. The highest BCUT2D eigenvalue weighted by atomic mass is 32.2. The molecular formula is C11H10FN3OS. The molecule has 0 aliphatic carbocycles. The van der Waals surface area contributed by atoms with Crippen molar-refractivity contribution < 1.29 is 8.60 Å². The number of hydrogen-bond acceptors (Lipinski definition) is 3. The third-order valence-electron chi connectivity index (χ3n) is 2.56. The van der Waals surface area contributed by atoms with Crippen LogP contribution in [-0.2, 0) is 14.5 Å². The van der Waals surface area contributed by atoms with Gasteiger partial charge in [-0.25, -0.2) is 8.60 Å². The van der Waals surface area contributed by atoms with Crippen molar-refractivity contribution in [3.63, 3.8) is 0 Å². The quantitative estimate of drug-likeness (QED) is 0.599. The van der Waals surface area contributed by atoms with Crippen LogP contribution in [0.3, 0.4) is 0 Å². The lowest BCUT2D eigenvalue weighted by Gasteiger charge is -2.20. The van der Waals surface area contributed by atoms with Crippen molar-refractivity contribution in [3.8, 4) is 6.07 Å². The predicted octanol–water partition coefficient (Wildman–Crippen LogP) is 2.50. The average Bonchev–Trinajstić information content (AvgIpc) is 2.28. The van der Waals surface area contributed by atoms with Crippen molar-refractivity contribution in [2.24, 2.45) is 4.47 Å². The molecule has 4 nitrogen and oxygen atoms in total.